The standard InChI is InChI=1S/C26H30FN5O4/c1-13-9-18(20(10-19(13)27)36-11-15-3-4-15)22-24-23(29-12-28-22)21(14(2)30-24)25(33)31-16-5-7-17(8-6-16)32-26(34)35/h9-10,12,15-17,30,32H,3-8,11H2,1-2H3,(H,31,33)(H,34,35)/t16-,17-. The number of benzene rings is 1. The van der Waals surface area contributed by atoms with Gasteiger partial charge in [0.2, 0.25) is 0 Å². The fraction of sp³-hybridized carbons (Fsp3) is 0.462. The van der Waals surface area contributed by atoms with E-state index in [1.165, 1.54) is 12.4 Å². The highest BCUT2D eigenvalue weighted by atomic mass is 19.1. The van der Waals surface area contributed by atoms with Crippen molar-refractivity contribution < 1.29 is 23.8 Å². The first-order chi connectivity index (χ1) is 17.3. The summed E-state index contributed by atoms with van der Waals surface area (Å²) in [6.07, 6.45) is 5.34. The maximum absolute atomic E-state index is 14.4. The third-order valence-corrected chi connectivity index (χ3v) is 7.08. The molecule has 5 rings (SSSR count). The lowest BCUT2D eigenvalue weighted by Gasteiger charge is -2.28. The Bertz CT molecular complexity index is 1310. The number of fused-ring (bicyclic) bond motifs is 1. The number of halogens is 1. The van der Waals surface area contributed by atoms with Crippen LogP contribution in [0, 0.1) is 25.6 Å². The third kappa shape index (κ3) is 4.98. The zero-order valence-corrected chi connectivity index (χ0v) is 20.4. The predicted octanol–water partition coefficient (Wildman–Crippen LogP) is 4.48. The Labute approximate surface area is 207 Å². The summed E-state index contributed by atoms with van der Waals surface area (Å²) in [5, 5.41) is 14.5. The number of amides is 2. The van der Waals surface area contributed by atoms with Gasteiger partial charge in [-0.3, -0.25) is 4.79 Å². The average Bonchev–Trinajstić information content (AvgIpc) is 3.60. The second-order valence-corrected chi connectivity index (χ2v) is 9.89. The van der Waals surface area contributed by atoms with E-state index in [9.17, 15) is 14.0 Å². The van der Waals surface area contributed by atoms with Crippen LogP contribution >= 0.6 is 0 Å². The van der Waals surface area contributed by atoms with E-state index in [1.54, 1.807) is 13.0 Å². The molecule has 10 heteroatoms. The summed E-state index contributed by atoms with van der Waals surface area (Å²) in [4.78, 5) is 36.3. The summed E-state index contributed by atoms with van der Waals surface area (Å²) in [6, 6.07) is 2.99. The number of rotatable bonds is 7. The monoisotopic (exact) mass is 495 g/mol. The van der Waals surface area contributed by atoms with Crippen LogP contribution in [0.5, 0.6) is 5.75 Å². The molecule has 0 atom stereocenters. The molecule has 190 valence electrons. The van der Waals surface area contributed by atoms with E-state index in [4.69, 9.17) is 9.84 Å². The van der Waals surface area contributed by atoms with Crippen molar-refractivity contribution in [3.8, 4) is 17.0 Å². The van der Waals surface area contributed by atoms with Crippen LogP contribution in [0.3, 0.4) is 0 Å². The fourth-order valence-corrected chi connectivity index (χ4v) is 4.88. The first-order valence-corrected chi connectivity index (χ1v) is 12.4. The van der Waals surface area contributed by atoms with Crippen molar-refractivity contribution >= 4 is 23.0 Å². The zero-order chi connectivity index (χ0) is 25.4. The molecule has 36 heavy (non-hydrogen) atoms. The zero-order valence-electron chi connectivity index (χ0n) is 20.4. The maximum atomic E-state index is 14.4. The molecule has 0 spiro atoms. The van der Waals surface area contributed by atoms with Crippen molar-refractivity contribution in [1.82, 2.24) is 25.6 Å². The minimum absolute atomic E-state index is 0.0443. The van der Waals surface area contributed by atoms with Gasteiger partial charge in [-0.15, -0.1) is 0 Å². The molecule has 0 bridgehead atoms. The van der Waals surface area contributed by atoms with Crippen LogP contribution in [0.4, 0.5) is 9.18 Å². The molecule has 2 aliphatic carbocycles. The van der Waals surface area contributed by atoms with Gasteiger partial charge in [-0.25, -0.2) is 19.2 Å². The number of H-pyrrole nitrogens is 1. The molecule has 0 saturated heterocycles. The van der Waals surface area contributed by atoms with E-state index in [0.717, 1.165) is 12.8 Å². The lowest BCUT2D eigenvalue weighted by Crippen LogP contribution is -2.43. The largest absolute Gasteiger partial charge is 0.492 e. The van der Waals surface area contributed by atoms with Crippen LogP contribution in [0.2, 0.25) is 0 Å². The van der Waals surface area contributed by atoms with Crippen molar-refractivity contribution in [3.63, 3.8) is 0 Å². The predicted molar refractivity (Wildman–Crippen MR) is 132 cm³/mol. The molecule has 4 N–H and O–H groups in total. The smallest absolute Gasteiger partial charge is 0.404 e. The van der Waals surface area contributed by atoms with Gasteiger partial charge in [0.1, 0.15) is 29.1 Å². The van der Waals surface area contributed by atoms with Gasteiger partial charge < -0.3 is 25.5 Å². The number of aromatic nitrogens is 3. The molecule has 3 aromatic rings. The Kier molecular flexibility index (Phi) is 6.51. The summed E-state index contributed by atoms with van der Waals surface area (Å²) in [5.74, 6) is 0.352. The second-order valence-electron chi connectivity index (χ2n) is 9.89. The summed E-state index contributed by atoms with van der Waals surface area (Å²) in [7, 11) is 0. The van der Waals surface area contributed by atoms with E-state index in [1.807, 2.05) is 6.92 Å². The Hall–Kier alpha value is -3.69. The van der Waals surface area contributed by atoms with Gasteiger partial charge >= 0.3 is 6.09 Å². The summed E-state index contributed by atoms with van der Waals surface area (Å²) in [6.45, 7) is 4.04. The van der Waals surface area contributed by atoms with Gasteiger partial charge in [-0.2, -0.15) is 0 Å². The van der Waals surface area contributed by atoms with Crippen molar-refractivity contribution in [2.45, 2.75) is 64.5 Å². The number of carboxylic acid groups (broad SMARTS) is 1. The number of aromatic amines is 1. The average molecular weight is 496 g/mol. The minimum Gasteiger partial charge on any atom is -0.492 e. The van der Waals surface area contributed by atoms with Crippen LogP contribution in [0.1, 0.15) is 60.1 Å². The number of carbonyl (C=O) groups is 2. The Morgan fingerprint density at radius 3 is 2.44 bits per heavy atom. The van der Waals surface area contributed by atoms with Gasteiger partial charge in [0, 0.05) is 29.4 Å². The normalized spacial score (nSPS) is 19.8. The van der Waals surface area contributed by atoms with Crippen LogP contribution in [0.25, 0.3) is 22.3 Å². The van der Waals surface area contributed by atoms with E-state index < -0.39 is 6.09 Å². The number of aryl methyl sites for hydroxylation is 2. The van der Waals surface area contributed by atoms with E-state index in [0.29, 0.717) is 83.1 Å². The molecule has 2 saturated carbocycles. The number of ether oxygens (including phenoxy) is 1. The topological polar surface area (TPSA) is 129 Å². The number of nitrogens with one attached hydrogen (secondary N) is 3. The minimum atomic E-state index is -1.02. The first-order valence-electron chi connectivity index (χ1n) is 12.4. The lowest BCUT2D eigenvalue weighted by atomic mass is 9.91. The Morgan fingerprint density at radius 1 is 1.08 bits per heavy atom. The van der Waals surface area contributed by atoms with Gasteiger partial charge in [0.15, 0.2) is 0 Å². The van der Waals surface area contributed by atoms with Gasteiger partial charge in [-0.05, 0) is 69.9 Å². The quantitative estimate of drug-likeness (QED) is 0.383. The SMILES string of the molecule is Cc1cc(-c2ncnc3c(C(=O)N[C@H]4CC[C@H](NC(=O)O)CC4)c(C)[nH]c23)c(OCC2CC2)cc1F. The van der Waals surface area contributed by atoms with Crippen LogP contribution in [0.15, 0.2) is 18.5 Å². The highest BCUT2D eigenvalue weighted by molar-refractivity contribution is 6.09. The van der Waals surface area contributed by atoms with Gasteiger partial charge in [0.25, 0.3) is 5.91 Å². The molecule has 0 aliphatic heterocycles. The van der Waals surface area contributed by atoms with Gasteiger partial charge in [-0.1, -0.05) is 0 Å². The third-order valence-electron chi connectivity index (χ3n) is 7.08. The van der Waals surface area contributed by atoms with E-state index in [2.05, 4.69) is 25.6 Å². The summed E-state index contributed by atoms with van der Waals surface area (Å²) < 4.78 is 20.4. The van der Waals surface area contributed by atoms with Crippen LogP contribution in [-0.4, -0.2) is 50.7 Å². The molecule has 1 aromatic carbocycles. The Balaban J connectivity index is 1.42. The molecule has 2 aliphatic rings. The fourth-order valence-electron chi connectivity index (χ4n) is 4.88. The van der Waals surface area contributed by atoms with Crippen molar-refractivity contribution in [1.29, 1.82) is 0 Å². The molecule has 2 fully saturated rings. The first kappa shape index (κ1) is 24.0. The highest BCUT2D eigenvalue weighted by Crippen LogP contribution is 2.37. The molecule has 2 amide bonds. The van der Waals surface area contributed by atoms with E-state index >= 15 is 0 Å². The Morgan fingerprint density at radius 2 is 1.78 bits per heavy atom. The molecular weight excluding hydrogens is 465 g/mol. The number of hydrogen-bond donors (Lipinski definition) is 4. The molecule has 2 aromatic heterocycles. The maximum Gasteiger partial charge on any atom is 0.404 e. The number of hydrogen-bond acceptors (Lipinski definition) is 5. The van der Waals surface area contributed by atoms with Crippen molar-refractivity contribution in [3.05, 3.63) is 41.1 Å². The molecule has 9 nitrogen and oxygen atoms in total. The lowest BCUT2D eigenvalue weighted by molar-refractivity contribution is 0.0924. The number of carbonyl (C=O) groups excluding carboxylic acids is 1. The second kappa shape index (κ2) is 9.75. The van der Waals surface area contributed by atoms with Crippen molar-refractivity contribution in [2.24, 2.45) is 5.92 Å². The molecule has 0 unspecified atom stereocenters. The number of nitrogens with zero attached hydrogens (tertiary/aromatic N) is 2. The highest BCUT2D eigenvalue weighted by Gasteiger charge is 2.28. The van der Waals surface area contributed by atoms with Crippen molar-refractivity contribution in [2.75, 3.05) is 6.61 Å². The molecule has 0 radical (unpaired) electrons. The van der Waals surface area contributed by atoms with Crippen LogP contribution in [-0.2, 0) is 0 Å². The molecule has 2 heterocycles. The molecular formula is C26H30FN5O4. The summed E-state index contributed by atoms with van der Waals surface area (Å²) in [5.41, 5.74) is 3.87. The van der Waals surface area contributed by atoms with E-state index in [-0.39, 0.29) is 23.8 Å². The van der Waals surface area contributed by atoms with Gasteiger partial charge in [0.05, 0.1) is 17.7 Å². The summed E-state index contributed by atoms with van der Waals surface area (Å²) >= 11 is 0. The van der Waals surface area contributed by atoms with Crippen LogP contribution < -0.4 is 15.4 Å².